The highest BCUT2D eigenvalue weighted by Gasteiger charge is 2.24. The van der Waals surface area contributed by atoms with E-state index >= 15 is 0 Å². The zero-order valence-electron chi connectivity index (χ0n) is 16.3. The lowest BCUT2D eigenvalue weighted by Crippen LogP contribution is -2.48. The number of rotatable bonds is 9. The van der Waals surface area contributed by atoms with Crippen LogP contribution in [-0.4, -0.2) is 71.2 Å². The molecular formula is C19H25Cl2N3O4S2. The van der Waals surface area contributed by atoms with Crippen molar-refractivity contribution in [1.29, 1.82) is 0 Å². The molecule has 1 amide bonds. The molecule has 30 heavy (non-hydrogen) atoms. The van der Waals surface area contributed by atoms with Gasteiger partial charge in [0.25, 0.3) is 0 Å². The monoisotopic (exact) mass is 493 g/mol. The Labute approximate surface area is 194 Å². The number of nitrogens with one attached hydrogen (secondary N) is 2. The van der Waals surface area contributed by atoms with Crippen molar-refractivity contribution < 1.29 is 19.4 Å². The molecule has 7 nitrogen and oxygen atoms in total. The van der Waals surface area contributed by atoms with Gasteiger partial charge in [0.2, 0.25) is 5.91 Å². The summed E-state index contributed by atoms with van der Waals surface area (Å²) in [6.07, 6.45) is 4.78. The summed E-state index contributed by atoms with van der Waals surface area (Å²) < 4.78 is 5.76. The van der Waals surface area contributed by atoms with Crippen LogP contribution in [0.15, 0.2) is 33.3 Å². The SMILES string of the molecule is O=C(O)CC1=CSC(SCC(=O)NC[C@H]2CN(CC3C=C(Cl)C(Cl)=CC3)CCO2)N1. The van der Waals surface area contributed by atoms with Crippen LogP contribution in [0.2, 0.25) is 0 Å². The quantitative estimate of drug-likeness (QED) is 0.451. The standard InChI is InChI=1S/C19H25Cl2N3O4S2/c20-15-2-1-12(5-16(15)21)8-24-3-4-28-14(9-24)7-22-17(25)11-30-19-23-13(10-29-19)6-18(26)27/h2,5,10,12,14,19,23H,1,3-4,6-9,11H2,(H,22,25)(H,26,27)/t12?,14-,19?/m0/s1. The molecule has 0 radical (unpaired) electrons. The Morgan fingerprint density at radius 2 is 2.23 bits per heavy atom. The summed E-state index contributed by atoms with van der Waals surface area (Å²) >= 11 is 15.1. The first-order chi connectivity index (χ1) is 14.4. The molecule has 1 aliphatic carbocycles. The van der Waals surface area contributed by atoms with E-state index in [0.717, 1.165) is 26.1 Å². The van der Waals surface area contributed by atoms with Crippen LogP contribution in [0.3, 0.4) is 0 Å². The molecule has 2 unspecified atom stereocenters. The van der Waals surface area contributed by atoms with Crippen molar-refractivity contribution >= 4 is 58.6 Å². The average molecular weight is 494 g/mol. The molecule has 0 aromatic carbocycles. The van der Waals surface area contributed by atoms with Crippen molar-refractivity contribution in [3.8, 4) is 0 Å². The Hall–Kier alpha value is -0.840. The van der Waals surface area contributed by atoms with Crippen LogP contribution in [0, 0.1) is 5.92 Å². The summed E-state index contributed by atoms with van der Waals surface area (Å²) in [6, 6.07) is 0. The van der Waals surface area contributed by atoms with Crippen molar-refractivity contribution in [2.45, 2.75) is 23.7 Å². The number of allylic oxidation sites excluding steroid dienone is 3. The predicted octanol–water partition coefficient (Wildman–Crippen LogP) is 2.74. The summed E-state index contributed by atoms with van der Waals surface area (Å²) in [4.78, 5) is 25.2. The number of aliphatic carboxylic acids is 1. The third-order valence-corrected chi connectivity index (χ3v) is 7.96. The van der Waals surface area contributed by atoms with Gasteiger partial charge in [0.1, 0.15) is 4.71 Å². The molecule has 166 valence electrons. The normalized spacial score (nSPS) is 27.0. The molecule has 1 saturated heterocycles. The van der Waals surface area contributed by atoms with Gasteiger partial charge < -0.3 is 20.5 Å². The number of thioether (sulfide) groups is 2. The van der Waals surface area contributed by atoms with E-state index in [4.69, 9.17) is 33.0 Å². The number of amides is 1. The molecule has 3 rings (SSSR count). The zero-order chi connectivity index (χ0) is 21.5. The molecule has 3 atom stereocenters. The highest BCUT2D eigenvalue weighted by atomic mass is 35.5. The molecule has 2 heterocycles. The number of carboxylic acid groups (broad SMARTS) is 1. The smallest absolute Gasteiger partial charge is 0.309 e. The van der Waals surface area contributed by atoms with Crippen molar-refractivity contribution in [2.75, 3.05) is 38.5 Å². The largest absolute Gasteiger partial charge is 0.481 e. The van der Waals surface area contributed by atoms with Gasteiger partial charge in [0.15, 0.2) is 0 Å². The second-order valence-electron chi connectivity index (χ2n) is 7.26. The number of carboxylic acids is 1. The first kappa shape index (κ1) is 23.8. The number of ether oxygens (including phenoxy) is 1. The Bertz CT molecular complexity index is 747. The Morgan fingerprint density at radius 1 is 1.40 bits per heavy atom. The maximum atomic E-state index is 12.2. The number of nitrogens with zero attached hydrogens (tertiary/aromatic N) is 1. The van der Waals surface area contributed by atoms with Gasteiger partial charge >= 0.3 is 5.97 Å². The van der Waals surface area contributed by atoms with Crippen LogP contribution in [-0.2, 0) is 14.3 Å². The van der Waals surface area contributed by atoms with E-state index in [2.05, 4.69) is 15.5 Å². The number of hydrogen-bond acceptors (Lipinski definition) is 7. The number of carbonyl (C=O) groups excluding carboxylic acids is 1. The summed E-state index contributed by atoms with van der Waals surface area (Å²) in [5.74, 6) is -0.298. The van der Waals surface area contributed by atoms with Crippen LogP contribution in [0.4, 0.5) is 0 Å². The maximum absolute atomic E-state index is 12.2. The second kappa shape index (κ2) is 11.7. The van der Waals surface area contributed by atoms with E-state index < -0.39 is 5.97 Å². The summed E-state index contributed by atoms with van der Waals surface area (Å²) in [6.45, 7) is 3.61. The maximum Gasteiger partial charge on any atom is 0.309 e. The fraction of sp³-hybridized carbons (Fsp3) is 0.579. The summed E-state index contributed by atoms with van der Waals surface area (Å²) in [7, 11) is 0. The molecule has 3 N–H and O–H groups in total. The lowest BCUT2D eigenvalue weighted by molar-refractivity contribution is -0.136. The molecule has 0 bridgehead atoms. The van der Waals surface area contributed by atoms with Gasteiger partial charge in [-0.25, -0.2) is 0 Å². The molecule has 0 spiro atoms. The van der Waals surface area contributed by atoms with Crippen molar-refractivity contribution in [3.63, 3.8) is 0 Å². The summed E-state index contributed by atoms with van der Waals surface area (Å²) in [5.41, 5.74) is 0.674. The van der Waals surface area contributed by atoms with Crippen LogP contribution >= 0.6 is 46.7 Å². The number of halogens is 2. The van der Waals surface area contributed by atoms with Gasteiger partial charge in [-0.1, -0.05) is 47.1 Å². The van der Waals surface area contributed by atoms with E-state index in [1.807, 2.05) is 12.2 Å². The minimum absolute atomic E-state index is 0.0298. The highest BCUT2D eigenvalue weighted by molar-refractivity contribution is 8.18. The van der Waals surface area contributed by atoms with E-state index in [1.54, 1.807) is 5.41 Å². The number of hydrogen-bond donors (Lipinski definition) is 3. The Morgan fingerprint density at radius 3 is 3.00 bits per heavy atom. The van der Waals surface area contributed by atoms with E-state index in [1.165, 1.54) is 23.5 Å². The minimum Gasteiger partial charge on any atom is -0.481 e. The first-order valence-electron chi connectivity index (χ1n) is 9.67. The van der Waals surface area contributed by atoms with Crippen LogP contribution < -0.4 is 10.6 Å². The van der Waals surface area contributed by atoms with E-state index in [0.29, 0.717) is 40.6 Å². The minimum atomic E-state index is -0.873. The van der Waals surface area contributed by atoms with E-state index in [9.17, 15) is 9.59 Å². The van der Waals surface area contributed by atoms with Gasteiger partial charge in [0.05, 0.1) is 34.9 Å². The predicted molar refractivity (Wildman–Crippen MR) is 122 cm³/mol. The van der Waals surface area contributed by atoms with Gasteiger partial charge in [-0.05, 0) is 17.7 Å². The molecule has 0 aromatic rings. The third-order valence-electron chi connectivity index (χ3n) is 4.80. The molecule has 0 saturated carbocycles. The molecule has 3 aliphatic rings. The van der Waals surface area contributed by atoms with Crippen molar-refractivity contribution in [1.82, 2.24) is 15.5 Å². The molecular weight excluding hydrogens is 469 g/mol. The topological polar surface area (TPSA) is 90.9 Å². The van der Waals surface area contributed by atoms with Gasteiger partial charge in [-0.15, -0.1) is 11.8 Å². The molecule has 2 aliphatic heterocycles. The molecule has 0 aromatic heterocycles. The fourth-order valence-electron chi connectivity index (χ4n) is 3.37. The zero-order valence-corrected chi connectivity index (χ0v) is 19.5. The molecule has 1 fully saturated rings. The van der Waals surface area contributed by atoms with Crippen LogP contribution in [0.25, 0.3) is 0 Å². The van der Waals surface area contributed by atoms with Gasteiger partial charge in [0, 0.05) is 31.9 Å². The number of carbonyl (C=O) groups is 2. The molecule has 11 heteroatoms. The van der Waals surface area contributed by atoms with Crippen molar-refractivity contribution in [3.05, 3.63) is 33.3 Å². The second-order valence-corrected chi connectivity index (χ2v) is 10.4. The summed E-state index contributed by atoms with van der Waals surface area (Å²) in [5, 5.41) is 17.9. The first-order valence-corrected chi connectivity index (χ1v) is 12.4. The fourth-order valence-corrected chi connectivity index (χ4v) is 5.76. The Balaban J connectivity index is 1.32. The third kappa shape index (κ3) is 7.69. The van der Waals surface area contributed by atoms with E-state index in [-0.39, 0.29) is 23.1 Å². The van der Waals surface area contributed by atoms with Crippen LogP contribution in [0.1, 0.15) is 12.8 Å². The van der Waals surface area contributed by atoms with Crippen LogP contribution in [0.5, 0.6) is 0 Å². The van der Waals surface area contributed by atoms with Gasteiger partial charge in [-0.2, -0.15) is 0 Å². The van der Waals surface area contributed by atoms with Crippen molar-refractivity contribution in [2.24, 2.45) is 5.92 Å². The lowest BCUT2D eigenvalue weighted by atomic mass is 9.99. The Kier molecular flexibility index (Phi) is 9.28. The van der Waals surface area contributed by atoms with Gasteiger partial charge in [-0.3, -0.25) is 14.5 Å². The number of morpholine rings is 1. The average Bonchev–Trinajstić information content (AvgIpc) is 3.14. The highest BCUT2D eigenvalue weighted by Crippen LogP contribution is 2.30. The lowest BCUT2D eigenvalue weighted by Gasteiger charge is -2.35.